The van der Waals surface area contributed by atoms with Gasteiger partial charge in [-0.1, -0.05) is 60.2 Å². The lowest BCUT2D eigenvalue weighted by molar-refractivity contribution is 0.0603. The number of hydrogen-bond donors (Lipinski definition) is 2. The zero-order valence-electron chi connectivity index (χ0n) is 18.5. The van der Waals surface area contributed by atoms with Crippen molar-refractivity contribution in [2.24, 2.45) is 0 Å². The van der Waals surface area contributed by atoms with Crippen LogP contribution in [0.4, 0.5) is 5.00 Å². The van der Waals surface area contributed by atoms with Gasteiger partial charge in [0.2, 0.25) is 5.55 Å². The summed E-state index contributed by atoms with van der Waals surface area (Å²) in [5, 5.41) is 15.9. The van der Waals surface area contributed by atoms with E-state index in [0.717, 1.165) is 27.3 Å². The zero-order chi connectivity index (χ0) is 23.8. The molecule has 0 saturated heterocycles. The minimum absolute atomic E-state index is 0.0740. The third kappa shape index (κ3) is 3.76. The summed E-state index contributed by atoms with van der Waals surface area (Å²) in [4.78, 5) is 25.9. The summed E-state index contributed by atoms with van der Waals surface area (Å²) < 4.78 is 10.7. The molecule has 1 amide bonds. The lowest BCUT2D eigenvalue weighted by Gasteiger charge is -2.09. The largest absolute Gasteiger partial charge is 0.465 e. The van der Waals surface area contributed by atoms with Gasteiger partial charge in [0.05, 0.1) is 7.11 Å². The Balaban J connectivity index is 1.57. The van der Waals surface area contributed by atoms with Crippen LogP contribution in [0, 0.1) is 12.3 Å². The Bertz CT molecular complexity index is 1630. The van der Waals surface area contributed by atoms with Gasteiger partial charge >= 0.3 is 5.97 Å². The molecule has 0 fully saturated rings. The maximum absolute atomic E-state index is 13.2. The van der Waals surface area contributed by atoms with Crippen LogP contribution in [0.1, 0.15) is 26.3 Å². The van der Waals surface area contributed by atoms with E-state index in [4.69, 9.17) is 14.6 Å². The molecule has 3 aromatic carbocycles. The van der Waals surface area contributed by atoms with E-state index in [1.807, 2.05) is 66.9 Å². The Kier molecular flexibility index (Phi) is 5.47. The molecule has 0 bridgehead atoms. The number of aryl methyl sites for hydroxylation is 1. The minimum Gasteiger partial charge on any atom is -0.465 e. The molecule has 2 heterocycles. The summed E-state index contributed by atoms with van der Waals surface area (Å²) in [5.74, 6) is -1.08. The van der Waals surface area contributed by atoms with E-state index < -0.39 is 11.9 Å². The number of ether oxygens (including phenoxy) is 1. The smallest absolute Gasteiger partial charge is 0.341 e. The van der Waals surface area contributed by atoms with Crippen LogP contribution in [0.15, 0.2) is 76.5 Å². The first-order valence-corrected chi connectivity index (χ1v) is 11.4. The number of rotatable bonds is 4. The molecule has 5 aromatic rings. The number of carbonyl (C=O) groups is 2. The summed E-state index contributed by atoms with van der Waals surface area (Å²) in [7, 11) is 1.31. The van der Waals surface area contributed by atoms with Crippen LogP contribution in [-0.4, -0.2) is 19.0 Å². The molecular formula is C27H20N2O4S. The van der Waals surface area contributed by atoms with E-state index in [0.29, 0.717) is 16.1 Å². The number of fused-ring (bicyclic) bond motifs is 3. The van der Waals surface area contributed by atoms with Crippen molar-refractivity contribution in [1.82, 2.24) is 0 Å². The summed E-state index contributed by atoms with van der Waals surface area (Å²) in [6.45, 7) is 1.99. The maximum Gasteiger partial charge on any atom is 0.341 e. The first-order valence-electron chi connectivity index (χ1n) is 10.5. The molecule has 6 nitrogen and oxygen atoms in total. The molecule has 0 aliphatic rings. The number of anilines is 1. The highest BCUT2D eigenvalue weighted by Gasteiger charge is 2.23. The predicted octanol–water partition coefficient (Wildman–Crippen LogP) is 6.14. The fourth-order valence-corrected chi connectivity index (χ4v) is 4.88. The number of amides is 1. The van der Waals surface area contributed by atoms with Gasteiger partial charge < -0.3 is 14.5 Å². The Hall–Kier alpha value is -4.23. The molecule has 2 N–H and O–H groups in total. The fraction of sp³-hybridized carbons (Fsp3) is 0.0741. The lowest BCUT2D eigenvalue weighted by Crippen LogP contribution is -2.21. The van der Waals surface area contributed by atoms with Crippen molar-refractivity contribution in [2.45, 2.75) is 6.92 Å². The number of thiophene rings is 1. The van der Waals surface area contributed by atoms with E-state index in [9.17, 15) is 9.59 Å². The molecule has 2 aromatic heterocycles. The molecule has 0 saturated carbocycles. The molecule has 168 valence electrons. The van der Waals surface area contributed by atoms with Gasteiger partial charge in [0.1, 0.15) is 21.7 Å². The van der Waals surface area contributed by atoms with E-state index in [1.165, 1.54) is 18.4 Å². The minimum atomic E-state index is -0.549. The highest BCUT2D eigenvalue weighted by Crippen LogP contribution is 2.36. The number of esters is 1. The van der Waals surface area contributed by atoms with Crippen LogP contribution in [0.5, 0.6) is 0 Å². The van der Waals surface area contributed by atoms with Crippen molar-refractivity contribution in [3.63, 3.8) is 0 Å². The fourth-order valence-electron chi connectivity index (χ4n) is 3.93. The summed E-state index contributed by atoms with van der Waals surface area (Å²) in [6.07, 6.45) is 0. The van der Waals surface area contributed by atoms with Crippen molar-refractivity contribution in [2.75, 3.05) is 12.4 Å². The van der Waals surface area contributed by atoms with Crippen molar-refractivity contribution in [1.29, 1.82) is 5.41 Å². The highest BCUT2D eigenvalue weighted by atomic mass is 32.1. The van der Waals surface area contributed by atoms with Crippen molar-refractivity contribution in [3.05, 3.63) is 94.4 Å². The quantitative estimate of drug-likeness (QED) is 0.245. The van der Waals surface area contributed by atoms with E-state index in [1.54, 1.807) is 12.1 Å². The Labute approximate surface area is 198 Å². The number of benzene rings is 3. The first kappa shape index (κ1) is 21.6. The molecule has 0 radical (unpaired) electrons. The monoisotopic (exact) mass is 468 g/mol. The molecule has 0 unspecified atom stereocenters. The number of hydrogen-bond acceptors (Lipinski definition) is 6. The summed E-state index contributed by atoms with van der Waals surface area (Å²) in [5.41, 5.74) is 3.24. The van der Waals surface area contributed by atoms with Crippen LogP contribution < -0.4 is 10.9 Å². The topological polar surface area (TPSA) is 92.4 Å². The number of methoxy groups -OCH3 is 1. The SMILES string of the molecule is COC(=O)c1c(-c2ccc(C)cc2)csc1NC(=O)c1cc2c(ccc3ccccc32)oc1=N. The van der Waals surface area contributed by atoms with Crippen LogP contribution in [0.3, 0.4) is 0 Å². The van der Waals surface area contributed by atoms with Crippen LogP contribution in [0.2, 0.25) is 0 Å². The predicted molar refractivity (Wildman–Crippen MR) is 133 cm³/mol. The van der Waals surface area contributed by atoms with Crippen LogP contribution in [-0.2, 0) is 4.74 Å². The van der Waals surface area contributed by atoms with E-state index >= 15 is 0 Å². The van der Waals surface area contributed by atoms with Gasteiger partial charge in [-0.3, -0.25) is 10.2 Å². The van der Waals surface area contributed by atoms with Gasteiger partial charge in [-0.2, -0.15) is 0 Å². The Morgan fingerprint density at radius 3 is 2.53 bits per heavy atom. The van der Waals surface area contributed by atoms with Crippen molar-refractivity contribution in [3.8, 4) is 11.1 Å². The molecule has 0 spiro atoms. The van der Waals surface area contributed by atoms with E-state index in [2.05, 4.69) is 5.32 Å². The molecule has 0 aliphatic heterocycles. The van der Waals surface area contributed by atoms with Gasteiger partial charge in [0, 0.05) is 16.3 Å². The first-order chi connectivity index (χ1) is 16.5. The summed E-state index contributed by atoms with van der Waals surface area (Å²) >= 11 is 1.23. The Morgan fingerprint density at radius 2 is 1.76 bits per heavy atom. The van der Waals surface area contributed by atoms with Gasteiger partial charge in [-0.15, -0.1) is 11.3 Å². The van der Waals surface area contributed by atoms with Crippen LogP contribution in [0.25, 0.3) is 32.9 Å². The molecule has 5 rings (SSSR count). The van der Waals surface area contributed by atoms with Crippen molar-refractivity contribution < 1.29 is 18.7 Å². The number of nitrogens with one attached hydrogen (secondary N) is 2. The Morgan fingerprint density at radius 1 is 1.00 bits per heavy atom. The second-order valence-electron chi connectivity index (χ2n) is 7.85. The lowest BCUT2D eigenvalue weighted by atomic mass is 10.0. The molecule has 0 atom stereocenters. The molecule has 0 aliphatic carbocycles. The van der Waals surface area contributed by atoms with E-state index in [-0.39, 0.29) is 16.7 Å². The maximum atomic E-state index is 13.2. The summed E-state index contributed by atoms with van der Waals surface area (Å²) in [6, 6.07) is 20.9. The van der Waals surface area contributed by atoms with Gasteiger partial charge in [-0.25, -0.2) is 4.79 Å². The van der Waals surface area contributed by atoms with Crippen molar-refractivity contribution >= 4 is 50.0 Å². The average molecular weight is 469 g/mol. The highest BCUT2D eigenvalue weighted by molar-refractivity contribution is 7.15. The van der Waals surface area contributed by atoms with Gasteiger partial charge in [-0.05, 0) is 35.4 Å². The van der Waals surface area contributed by atoms with Gasteiger partial charge in [0.15, 0.2) is 0 Å². The second-order valence-corrected chi connectivity index (χ2v) is 8.73. The molecule has 34 heavy (non-hydrogen) atoms. The number of carbonyl (C=O) groups excluding carboxylic acids is 2. The molecule has 7 heteroatoms. The third-order valence-electron chi connectivity index (χ3n) is 5.69. The zero-order valence-corrected chi connectivity index (χ0v) is 19.3. The third-order valence-corrected chi connectivity index (χ3v) is 6.59. The van der Waals surface area contributed by atoms with Crippen LogP contribution >= 0.6 is 11.3 Å². The average Bonchev–Trinajstić information content (AvgIpc) is 3.26. The van der Waals surface area contributed by atoms with Gasteiger partial charge in [0.25, 0.3) is 5.91 Å². The normalized spacial score (nSPS) is 11.0. The standard InChI is InChI=1S/C27H20N2O4S/c1-15-7-9-17(10-8-15)21-14-34-26(23(21)27(31)32-2)29-25(30)20-13-19-18-6-4-3-5-16(18)11-12-22(19)33-24(20)28/h3-14,28H,1-2H3,(H,29,30). The second kappa shape index (κ2) is 8.61. The molecular weight excluding hydrogens is 448 g/mol.